The first kappa shape index (κ1) is 20.7. The number of hydrogen-bond donors (Lipinski definition) is 2. The van der Waals surface area contributed by atoms with Crippen LogP contribution in [-0.2, 0) is 9.59 Å². The molecule has 0 aromatic carbocycles. The van der Waals surface area contributed by atoms with Crippen LogP contribution in [0.15, 0.2) is 12.2 Å². The molecule has 0 saturated heterocycles. The fourth-order valence-electron chi connectivity index (χ4n) is 5.82. The molecule has 3 saturated carbocycles. The quantitative estimate of drug-likeness (QED) is 0.693. The standard InChI is InChI=1S/C23H36O4/c1-15-16(5-2-9-20(15)13-24)11-17-6-3-7-18(22(17)26)12-19-8-4-10-21(14-25)23(19)27/h16-21,24-25H,1-14H2. The van der Waals surface area contributed by atoms with E-state index in [4.69, 9.17) is 0 Å². The van der Waals surface area contributed by atoms with Gasteiger partial charge >= 0.3 is 0 Å². The van der Waals surface area contributed by atoms with Gasteiger partial charge in [0.15, 0.2) is 0 Å². The second-order valence-corrected chi connectivity index (χ2v) is 9.19. The fourth-order valence-corrected chi connectivity index (χ4v) is 5.82. The van der Waals surface area contributed by atoms with Crippen LogP contribution >= 0.6 is 0 Å². The molecule has 3 rings (SSSR count). The number of aliphatic hydroxyl groups excluding tert-OH is 2. The molecule has 0 radical (unpaired) electrons. The van der Waals surface area contributed by atoms with E-state index in [1.165, 1.54) is 0 Å². The molecule has 3 fully saturated rings. The fraction of sp³-hybridized carbons (Fsp3) is 0.826. The van der Waals surface area contributed by atoms with E-state index in [0.29, 0.717) is 18.1 Å². The van der Waals surface area contributed by atoms with E-state index in [2.05, 4.69) is 6.58 Å². The smallest absolute Gasteiger partial charge is 0.141 e. The summed E-state index contributed by atoms with van der Waals surface area (Å²) in [6.07, 6.45) is 10.4. The van der Waals surface area contributed by atoms with Crippen LogP contribution in [0.5, 0.6) is 0 Å². The second kappa shape index (κ2) is 9.47. The van der Waals surface area contributed by atoms with Crippen molar-refractivity contribution in [3.8, 4) is 0 Å². The highest BCUT2D eigenvalue weighted by atomic mass is 16.3. The first-order chi connectivity index (χ1) is 13.0. The molecule has 0 aliphatic heterocycles. The van der Waals surface area contributed by atoms with Crippen LogP contribution in [-0.4, -0.2) is 35.0 Å². The number of carbonyl (C=O) groups excluding carboxylic acids is 2. The van der Waals surface area contributed by atoms with Crippen molar-refractivity contribution in [2.75, 3.05) is 13.2 Å². The highest BCUT2D eigenvalue weighted by Gasteiger charge is 2.38. The summed E-state index contributed by atoms with van der Waals surface area (Å²) in [5.74, 6) is 0.971. The Hall–Kier alpha value is -1.00. The minimum absolute atomic E-state index is 0.0145. The van der Waals surface area contributed by atoms with Gasteiger partial charge in [-0.2, -0.15) is 0 Å². The van der Waals surface area contributed by atoms with Gasteiger partial charge in [-0.3, -0.25) is 9.59 Å². The van der Waals surface area contributed by atoms with Gasteiger partial charge < -0.3 is 10.2 Å². The average Bonchev–Trinajstić information content (AvgIpc) is 2.68. The first-order valence-electron chi connectivity index (χ1n) is 11.0. The van der Waals surface area contributed by atoms with E-state index in [9.17, 15) is 19.8 Å². The molecular weight excluding hydrogens is 340 g/mol. The van der Waals surface area contributed by atoms with Crippen LogP contribution in [0.1, 0.15) is 70.6 Å². The largest absolute Gasteiger partial charge is 0.396 e. The zero-order valence-corrected chi connectivity index (χ0v) is 16.6. The number of Topliss-reactive ketones (excluding diaryl/α,β-unsaturated/α-hetero) is 2. The summed E-state index contributed by atoms with van der Waals surface area (Å²) in [6.45, 7) is 4.36. The minimum atomic E-state index is -0.209. The highest BCUT2D eigenvalue weighted by molar-refractivity contribution is 5.87. The van der Waals surface area contributed by atoms with E-state index in [1.807, 2.05) is 0 Å². The lowest BCUT2D eigenvalue weighted by Gasteiger charge is -2.36. The van der Waals surface area contributed by atoms with Crippen molar-refractivity contribution in [3.63, 3.8) is 0 Å². The molecule has 27 heavy (non-hydrogen) atoms. The number of carbonyl (C=O) groups is 2. The maximum Gasteiger partial charge on any atom is 0.141 e. The van der Waals surface area contributed by atoms with Crippen LogP contribution in [0.4, 0.5) is 0 Å². The second-order valence-electron chi connectivity index (χ2n) is 9.19. The number of ketones is 2. The molecule has 4 heteroatoms. The van der Waals surface area contributed by atoms with E-state index < -0.39 is 0 Å². The van der Waals surface area contributed by atoms with Crippen molar-refractivity contribution in [2.24, 2.45) is 35.5 Å². The molecule has 2 N–H and O–H groups in total. The Balaban J connectivity index is 1.59. The van der Waals surface area contributed by atoms with Gasteiger partial charge in [0, 0.05) is 36.2 Å². The van der Waals surface area contributed by atoms with Crippen LogP contribution in [0.25, 0.3) is 0 Å². The molecule has 3 aliphatic carbocycles. The topological polar surface area (TPSA) is 74.6 Å². The van der Waals surface area contributed by atoms with E-state index >= 15 is 0 Å². The van der Waals surface area contributed by atoms with Crippen molar-refractivity contribution < 1.29 is 19.8 Å². The van der Waals surface area contributed by atoms with E-state index in [0.717, 1.165) is 69.8 Å². The predicted octanol–water partition coefficient (Wildman–Crippen LogP) is 3.69. The Bertz CT molecular complexity index is 509. The summed E-state index contributed by atoms with van der Waals surface area (Å²) in [7, 11) is 0. The molecule has 0 amide bonds. The molecule has 0 spiro atoms. The highest BCUT2D eigenvalue weighted by Crippen LogP contribution is 2.41. The molecule has 152 valence electrons. The van der Waals surface area contributed by atoms with Crippen LogP contribution in [0, 0.1) is 35.5 Å². The first-order valence-corrected chi connectivity index (χ1v) is 11.0. The predicted molar refractivity (Wildman–Crippen MR) is 105 cm³/mol. The van der Waals surface area contributed by atoms with Crippen LogP contribution < -0.4 is 0 Å². The van der Waals surface area contributed by atoms with Crippen LogP contribution in [0.3, 0.4) is 0 Å². The van der Waals surface area contributed by atoms with Gasteiger partial charge in [-0.05, 0) is 57.3 Å². The monoisotopic (exact) mass is 376 g/mol. The maximum atomic E-state index is 13.1. The third-order valence-corrected chi connectivity index (χ3v) is 7.55. The normalized spacial score (nSPS) is 38.2. The van der Waals surface area contributed by atoms with Gasteiger partial charge in [0.2, 0.25) is 0 Å². The average molecular weight is 377 g/mol. The lowest BCUT2D eigenvalue weighted by Crippen LogP contribution is -2.36. The summed E-state index contributed by atoms with van der Waals surface area (Å²) in [6, 6.07) is 0. The summed E-state index contributed by atoms with van der Waals surface area (Å²) in [5, 5.41) is 19.0. The van der Waals surface area contributed by atoms with Crippen molar-refractivity contribution in [1.82, 2.24) is 0 Å². The van der Waals surface area contributed by atoms with Gasteiger partial charge in [0.25, 0.3) is 0 Å². The van der Waals surface area contributed by atoms with Crippen molar-refractivity contribution in [1.29, 1.82) is 0 Å². The summed E-state index contributed by atoms with van der Waals surface area (Å²) in [4.78, 5) is 25.7. The van der Waals surface area contributed by atoms with E-state index in [1.54, 1.807) is 0 Å². The van der Waals surface area contributed by atoms with Crippen molar-refractivity contribution in [3.05, 3.63) is 12.2 Å². The minimum Gasteiger partial charge on any atom is -0.396 e. The molecule has 0 aromatic rings. The third-order valence-electron chi connectivity index (χ3n) is 7.55. The Morgan fingerprint density at radius 2 is 1.00 bits per heavy atom. The Kier molecular flexibility index (Phi) is 7.27. The molecular formula is C23H36O4. The Morgan fingerprint density at radius 1 is 0.630 bits per heavy atom. The summed E-state index contributed by atoms with van der Waals surface area (Å²) in [5.41, 5.74) is 1.15. The number of rotatable bonds is 6. The molecule has 6 atom stereocenters. The van der Waals surface area contributed by atoms with E-state index in [-0.39, 0.29) is 48.6 Å². The van der Waals surface area contributed by atoms with Gasteiger partial charge in [0.05, 0.1) is 6.61 Å². The zero-order valence-electron chi connectivity index (χ0n) is 16.6. The number of aliphatic hydroxyl groups is 2. The van der Waals surface area contributed by atoms with Gasteiger partial charge in [-0.1, -0.05) is 31.4 Å². The van der Waals surface area contributed by atoms with Gasteiger partial charge in [-0.15, -0.1) is 0 Å². The maximum absolute atomic E-state index is 13.1. The Labute approximate surface area is 163 Å². The van der Waals surface area contributed by atoms with Gasteiger partial charge in [-0.25, -0.2) is 0 Å². The summed E-state index contributed by atoms with van der Waals surface area (Å²) < 4.78 is 0. The lowest BCUT2D eigenvalue weighted by molar-refractivity contribution is -0.134. The molecule has 3 aliphatic rings. The molecule has 0 heterocycles. The molecule has 0 bridgehead atoms. The third kappa shape index (κ3) is 4.71. The van der Waals surface area contributed by atoms with Crippen LogP contribution in [0.2, 0.25) is 0 Å². The van der Waals surface area contributed by atoms with Gasteiger partial charge in [0.1, 0.15) is 11.6 Å². The lowest BCUT2D eigenvalue weighted by atomic mass is 9.67. The number of hydrogen-bond acceptors (Lipinski definition) is 4. The molecule has 0 aromatic heterocycles. The molecule has 6 unspecified atom stereocenters. The SMILES string of the molecule is C=C1C(CO)CCCC1CC1CCCC(CC2CCCC(CO)C2=O)C1=O. The van der Waals surface area contributed by atoms with Crippen molar-refractivity contribution >= 4 is 11.6 Å². The van der Waals surface area contributed by atoms with Crippen molar-refractivity contribution in [2.45, 2.75) is 70.6 Å². The molecule has 4 nitrogen and oxygen atoms in total. The Morgan fingerprint density at radius 3 is 1.52 bits per heavy atom. The summed E-state index contributed by atoms with van der Waals surface area (Å²) >= 11 is 0. The zero-order chi connectivity index (χ0) is 19.4.